The van der Waals surface area contributed by atoms with Crippen LogP contribution < -0.4 is 10.6 Å². The summed E-state index contributed by atoms with van der Waals surface area (Å²) in [5.74, 6) is -0.225. The van der Waals surface area contributed by atoms with Gasteiger partial charge < -0.3 is 10.1 Å². The summed E-state index contributed by atoms with van der Waals surface area (Å²) in [4.78, 5) is 24.4. The lowest BCUT2D eigenvalue weighted by Gasteiger charge is -2.23. The molecule has 2 N–H and O–H groups in total. The molecule has 2 aromatic rings. The molecule has 0 aliphatic heterocycles. The van der Waals surface area contributed by atoms with Crippen molar-refractivity contribution in [2.75, 3.05) is 19.0 Å². The van der Waals surface area contributed by atoms with Crippen molar-refractivity contribution >= 4 is 17.4 Å². The van der Waals surface area contributed by atoms with Crippen molar-refractivity contribution in [1.82, 2.24) is 5.32 Å². The molecule has 2 aromatic carbocycles. The van der Waals surface area contributed by atoms with Crippen LogP contribution in [0.5, 0.6) is 0 Å². The molecule has 0 radical (unpaired) electrons. The second-order valence-corrected chi connectivity index (χ2v) is 5.99. The Morgan fingerprint density at radius 1 is 1.08 bits per heavy atom. The van der Waals surface area contributed by atoms with Crippen LogP contribution in [0.15, 0.2) is 54.6 Å². The summed E-state index contributed by atoms with van der Waals surface area (Å²) in [6, 6.07) is 15.9. The third-order valence-electron chi connectivity index (χ3n) is 3.80. The van der Waals surface area contributed by atoms with Gasteiger partial charge in [-0.25, -0.2) is 0 Å². The molecule has 0 saturated heterocycles. The molecule has 0 bridgehead atoms. The molecule has 25 heavy (non-hydrogen) atoms. The van der Waals surface area contributed by atoms with Crippen LogP contribution in [0, 0.1) is 0 Å². The number of amides is 1. The molecule has 2 atom stereocenters. The fourth-order valence-electron chi connectivity index (χ4n) is 2.58. The van der Waals surface area contributed by atoms with Crippen molar-refractivity contribution in [2.45, 2.75) is 25.9 Å². The smallest absolute Gasteiger partial charge is 0.246 e. The molecule has 0 spiro atoms. The van der Waals surface area contributed by atoms with Crippen molar-refractivity contribution in [3.05, 3.63) is 65.7 Å². The van der Waals surface area contributed by atoms with E-state index in [9.17, 15) is 9.59 Å². The molecule has 0 fully saturated rings. The highest BCUT2D eigenvalue weighted by Gasteiger charge is 2.22. The van der Waals surface area contributed by atoms with Gasteiger partial charge >= 0.3 is 0 Å². The lowest BCUT2D eigenvalue weighted by Crippen LogP contribution is -2.40. The summed E-state index contributed by atoms with van der Waals surface area (Å²) < 4.78 is 5.15. The van der Waals surface area contributed by atoms with Crippen LogP contribution in [0.3, 0.4) is 0 Å². The Morgan fingerprint density at radius 3 is 2.44 bits per heavy atom. The number of benzene rings is 2. The monoisotopic (exact) mass is 340 g/mol. The van der Waals surface area contributed by atoms with E-state index in [1.807, 2.05) is 37.3 Å². The summed E-state index contributed by atoms with van der Waals surface area (Å²) in [7, 11) is 1.63. The number of ketones is 1. The first-order valence-electron chi connectivity index (χ1n) is 8.23. The van der Waals surface area contributed by atoms with E-state index in [1.165, 1.54) is 6.92 Å². The number of nitrogens with one attached hydrogen (secondary N) is 2. The van der Waals surface area contributed by atoms with Crippen LogP contribution in [0.2, 0.25) is 0 Å². The summed E-state index contributed by atoms with van der Waals surface area (Å²) in [6.45, 7) is 3.96. The van der Waals surface area contributed by atoms with E-state index in [2.05, 4.69) is 10.6 Å². The van der Waals surface area contributed by atoms with Crippen molar-refractivity contribution in [3.8, 4) is 0 Å². The van der Waals surface area contributed by atoms with Gasteiger partial charge in [-0.15, -0.1) is 0 Å². The van der Waals surface area contributed by atoms with E-state index in [0.717, 1.165) is 5.56 Å². The molecule has 0 aliphatic rings. The van der Waals surface area contributed by atoms with E-state index < -0.39 is 6.04 Å². The molecule has 1 amide bonds. The highest BCUT2D eigenvalue weighted by atomic mass is 16.5. The first-order chi connectivity index (χ1) is 12.0. The van der Waals surface area contributed by atoms with Crippen molar-refractivity contribution in [1.29, 1.82) is 0 Å². The Hall–Kier alpha value is -2.50. The number of hydrogen-bond donors (Lipinski definition) is 2. The molecule has 0 heterocycles. The third kappa shape index (κ3) is 5.52. The fraction of sp³-hybridized carbons (Fsp3) is 0.300. The average molecular weight is 340 g/mol. The SMILES string of the molecule is COC[C@@H](C)N[C@@H](C(=O)Nc1cccc(C(C)=O)c1)c1ccccc1. The van der Waals surface area contributed by atoms with Gasteiger partial charge in [0.15, 0.2) is 5.78 Å². The number of carbonyl (C=O) groups excluding carboxylic acids is 2. The molecule has 2 rings (SSSR count). The van der Waals surface area contributed by atoms with Crippen LogP contribution in [0.25, 0.3) is 0 Å². The quantitative estimate of drug-likeness (QED) is 0.724. The minimum absolute atomic E-state index is 0.00418. The second kappa shape index (κ2) is 9.11. The Morgan fingerprint density at radius 2 is 1.80 bits per heavy atom. The van der Waals surface area contributed by atoms with Gasteiger partial charge in [-0.1, -0.05) is 42.5 Å². The van der Waals surface area contributed by atoms with Gasteiger partial charge in [0.25, 0.3) is 0 Å². The number of hydrogen-bond acceptors (Lipinski definition) is 4. The zero-order valence-corrected chi connectivity index (χ0v) is 14.8. The zero-order valence-electron chi connectivity index (χ0n) is 14.8. The summed E-state index contributed by atoms with van der Waals surface area (Å²) in [5.41, 5.74) is 2.03. The maximum absolute atomic E-state index is 12.8. The molecular formula is C20H24N2O3. The Bertz CT molecular complexity index is 716. The average Bonchev–Trinajstić information content (AvgIpc) is 2.61. The van der Waals surface area contributed by atoms with E-state index in [-0.39, 0.29) is 17.7 Å². The molecular weight excluding hydrogens is 316 g/mol. The normalized spacial score (nSPS) is 13.1. The van der Waals surface area contributed by atoms with Gasteiger partial charge in [0, 0.05) is 24.4 Å². The number of rotatable bonds is 8. The lowest BCUT2D eigenvalue weighted by atomic mass is 10.0. The van der Waals surface area contributed by atoms with E-state index in [1.54, 1.807) is 31.4 Å². The maximum atomic E-state index is 12.8. The summed E-state index contributed by atoms with van der Waals surface area (Å²) in [5, 5.41) is 6.18. The second-order valence-electron chi connectivity index (χ2n) is 5.99. The lowest BCUT2D eigenvalue weighted by molar-refractivity contribution is -0.118. The van der Waals surface area contributed by atoms with Crippen LogP contribution in [-0.4, -0.2) is 31.4 Å². The summed E-state index contributed by atoms with van der Waals surface area (Å²) >= 11 is 0. The van der Waals surface area contributed by atoms with Gasteiger partial charge in [-0.3, -0.25) is 14.9 Å². The van der Waals surface area contributed by atoms with Crippen molar-refractivity contribution in [2.24, 2.45) is 0 Å². The number of ether oxygens (including phenoxy) is 1. The Kier molecular flexibility index (Phi) is 6.86. The van der Waals surface area contributed by atoms with E-state index >= 15 is 0 Å². The van der Waals surface area contributed by atoms with Crippen LogP contribution in [0.1, 0.15) is 35.8 Å². The maximum Gasteiger partial charge on any atom is 0.246 e. The number of anilines is 1. The Balaban J connectivity index is 2.20. The third-order valence-corrected chi connectivity index (χ3v) is 3.80. The van der Waals surface area contributed by atoms with Gasteiger partial charge in [0.05, 0.1) is 6.61 Å². The highest BCUT2D eigenvalue weighted by molar-refractivity contribution is 5.98. The number of methoxy groups -OCH3 is 1. The van der Waals surface area contributed by atoms with Crippen LogP contribution in [0.4, 0.5) is 5.69 Å². The van der Waals surface area contributed by atoms with E-state index in [0.29, 0.717) is 17.9 Å². The van der Waals surface area contributed by atoms with Crippen LogP contribution in [-0.2, 0) is 9.53 Å². The zero-order chi connectivity index (χ0) is 18.2. The minimum Gasteiger partial charge on any atom is -0.383 e. The van der Waals surface area contributed by atoms with Crippen LogP contribution >= 0.6 is 0 Å². The first-order valence-corrected chi connectivity index (χ1v) is 8.23. The number of Topliss-reactive ketones (excluding diaryl/α,β-unsaturated/α-hetero) is 1. The molecule has 5 heteroatoms. The number of carbonyl (C=O) groups is 2. The van der Waals surface area contributed by atoms with Gasteiger partial charge in [-0.05, 0) is 31.5 Å². The molecule has 5 nitrogen and oxygen atoms in total. The van der Waals surface area contributed by atoms with Gasteiger partial charge in [0.1, 0.15) is 6.04 Å². The molecule has 132 valence electrons. The van der Waals surface area contributed by atoms with E-state index in [4.69, 9.17) is 4.74 Å². The van der Waals surface area contributed by atoms with Crippen molar-refractivity contribution in [3.63, 3.8) is 0 Å². The highest BCUT2D eigenvalue weighted by Crippen LogP contribution is 2.18. The van der Waals surface area contributed by atoms with Gasteiger partial charge in [0.2, 0.25) is 5.91 Å². The molecule has 0 aliphatic carbocycles. The van der Waals surface area contributed by atoms with Gasteiger partial charge in [-0.2, -0.15) is 0 Å². The fourth-order valence-corrected chi connectivity index (χ4v) is 2.58. The predicted octanol–water partition coefficient (Wildman–Crippen LogP) is 3.19. The molecule has 0 unspecified atom stereocenters. The van der Waals surface area contributed by atoms with Crippen molar-refractivity contribution < 1.29 is 14.3 Å². The molecule has 0 aromatic heterocycles. The standard InChI is InChI=1S/C20H24N2O3/c1-14(13-25-3)21-19(16-8-5-4-6-9-16)20(24)22-18-11-7-10-17(12-18)15(2)23/h4-12,14,19,21H,13H2,1-3H3,(H,22,24)/t14-,19-/m1/s1. The first kappa shape index (κ1) is 18.8. The predicted molar refractivity (Wildman–Crippen MR) is 98.7 cm³/mol. The molecule has 0 saturated carbocycles. The summed E-state index contributed by atoms with van der Waals surface area (Å²) in [6.07, 6.45) is 0. The topological polar surface area (TPSA) is 67.4 Å². The minimum atomic E-state index is -0.521. The Labute approximate surface area is 148 Å². The largest absolute Gasteiger partial charge is 0.383 e.